The molecule has 0 radical (unpaired) electrons. The van der Waals surface area contributed by atoms with Crippen LogP contribution in [0, 0.1) is 13.8 Å². The molecule has 1 amide bonds. The second kappa shape index (κ2) is 7.72. The Labute approximate surface area is 188 Å². The number of fused-ring (bicyclic) bond motifs is 1. The van der Waals surface area contributed by atoms with Crippen LogP contribution in [-0.2, 0) is 11.3 Å². The van der Waals surface area contributed by atoms with Crippen molar-refractivity contribution >= 4 is 33.9 Å². The molecule has 160 valence electrons. The van der Waals surface area contributed by atoms with Crippen LogP contribution in [0.3, 0.4) is 0 Å². The number of hydrogen-bond donors (Lipinski definition) is 2. The largest absolute Gasteiger partial charge is 0.503 e. The molecule has 0 saturated heterocycles. The zero-order valence-corrected chi connectivity index (χ0v) is 18.3. The van der Waals surface area contributed by atoms with E-state index in [-0.39, 0.29) is 17.9 Å². The number of Topliss-reactive ketones (excluding diaryl/α,β-unsaturated/α-hetero) is 1. The van der Waals surface area contributed by atoms with Crippen LogP contribution < -0.4 is 0 Å². The number of aromatic amines is 1. The summed E-state index contributed by atoms with van der Waals surface area (Å²) >= 11 is 1.27. The van der Waals surface area contributed by atoms with E-state index < -0.39 is 17.7 Å². The fourth-order valence-corrected chi connectivity index (χ4v) is 5.12. The summed E-state index contributed by atoms with van der Waals surface area (Å²) in [6, 6.07) is 10.6. The molecule has 3 aromatic heterocycles. The van der Waals surface area contributed by atoms with Crippen LogP contribution in [0.2, 0.25) is 0 Å². The number of aliphatic hydroxyl groups excluding tert-OH is 1. The van der Waals surface area contributed by atoms with Gasteiger partial charge in [0.25, 0.3) is 5.91 Å². The normalized spacial score (nSPS) is 16.4. The third-order valence-corrected chi connectivity index (χ3v) is 6.75. The van der Waals surface area contributed by atoms with Crippen molar-refractivity contribution in [2.45, 2.75) is 26.4 Å². The number of ketones is 1. The molecule has 0 saturated carbocycles. The molecular weight excluding hydrogens is 424 g/mol. The lowest BCUT2D eigenvalue weighted by atomic mass is 9.94. The lowest BCUT2D eigenvalue weighted by Crippen LogP contribution is -2.30. The minimum atomic E-state index is -0.735. The number of benzene rings is 1. The highest BCUT2D eigenvalue weighted by atomic mass is 32.1. The molecule has 0 aliphatic carbocycles. The number of aryl methyl sites for hydroxylation is 2. The number of thiazole rings is 1. The van der Waals surface area contributed by atoms with Crippen LogP contribution >= 0.6 is 11.3 Å². The Hall–Kier alpha value is -3.78. The van der Waals surface area contributed by atoms with Gasteiger partial charge in [-0.05, 0) is 37.6 Å². The van der Waals surface area contributed by atoms with Gasteiger partial charge in [0.05, 0.1) is 27.2 Å². The number of rotatable bonds is 5. The highest BCUT2D eigenvalue weighted by molar-refractivity contribution is 7.14. The van der Waals surface area contributed by atoms with Gasteiger partial charge in [0.15, 0.2) is 5.76 Å². The standard InChI is InChI=1S/C24H20N4O3S/c1-13-23(32-14(2)27-13)21(29)19-20(17-11-26-18-6-4-3-5-16(17)18)28(24(31)22(19)30)12-15-7-9-25-10-8-15/h3-11,20,26,30H,12H2,1-2H3. The Balaban J connectivity index is 1.67. The maximum Gasteiger partial charge on any atom is 0.290 e. The molecule has 1 aliphatic rings. The monoisotopic (exact) mass is 444 g/mol. The Morgan fingerprint density at radius 2 is 1.94 bits per heavy atom. The molecule has 4 heterocycles. The second-order valence-electron chi connectivity index (χ2n) is 7.72. The van der Waals surface area contributed by atoms with Crippen LogP contribution in [0.5, 0.6) is 0 Å². The van der Waals surface area contributed by atoms with Crippen LogP contribution in [0.15, 0.2) is 66.3 Å². The third kappa shape index (κ3) is 3.20. The third-order valence-electron chi connectivity index (χ3n) is 5.68. The Morgan fingerprint density at radius 1 is 1.19 bits per heavy atom. The van der Waals surface area contributed by atoms with Gasteiger partial charge in [-0.3, -0.25) is 14.6 Å². The van der Waals surface area contributed by atoms with Crippen molar-refractivity contribution < 1.29 is 14.7 Å². The van der Waals surface area contributed by atoms with Crippen molar-refractivity contribution in [3.8, 4) is 0 Å². The summed E-state index contributed by atoms with van der Waals surface area (Å²) in [5.41, 5.74) is 3.18. The smallest absolute Gasteiger partial charge is 0.290 e. The van der Waals surface area contributed by atoms with Gasteiger partial charge in [-0.25, -0.2) is 4.98 Å². The minimum absolute atomic E-state index is 0.0839. The molecule has 1 aromatic carbocycles. The summed E-state index contributed by atoms with van der Waals surface area (Å²) in [7, 11) is 0. The first kappa shape index (κ1) is 20.1. The quantitative estimate of drug-likeness (QED) is 0.444. The van der Waals surface area contributed by atoms with Crippen molar-refractivity contribution in [1.82, 2.24) is 19.9 Å². The van der Waals surface area contributed by atoms with Gasteiger partial charge in [-0.15, -0.1) is 11.3 Å². The van der Waals surface area contributed by atoms with Gasteiger partial charge >= 0.3 is 0 Å². The summed E-state index contributed by atoms with van der Waals surface area (Å²) in [6.07, 6.45) is 5.11. The fourth-order valence-electron chi connectivity index (χ4n) is 4.24. The van der Waals surface area contributed by atoms with Crippen LogP contribution in [0.25, 0.3) is 10.9 Å². The average Bonchev–Trinajstić information content (AvgIpc) is 3.44. The molecule has 1 atom stereocenters. The number of hydrogen-bond acceptors (Lipinski definition) is 6. The topological polar surface area (TPSA) is 99.2 Å². The van der Waals surface area contributed by atoms with Crippen LogP contribution in [0.1, 0.15) is 37.5 Å². The van der Waals surface area contributed by atoms with Crippen LogP contribution in [-0.4, -0.2) is 36.6 Å². The first-order chi connectivity index (χ1) is 15.5. The molecule has 0 spiro atoms. The summed E-state index contributed by atoms with van der Waals surface area (Å²) < 4.78 is 0. The van der Waals surface area contributed by atoms with Crippen molar-refractivity contribution in [2.24, 2.45) is 0 Å². The van der Waals surface area contributed by atoms with Crippen molar-refractivity contribution in [1.29, 1.82) is 0 Å². The number of amides is 1. The van der Waals surface area contributed by atoms with E-state index in [2.05, 4.69) is 15.0 Å². The molecule has 7 nitrogen and oxygen atoms in total. The van der Waals surface area contributed by atoms with Gasteiger partial charge in [0.2, 0.25) is 5.78 Å². The zero-order valence-electron chi connectivity index (χ0n) is 17.5. The summed E-state index contributed by atoms with van der Waals surface area (Å²) in [5.74, 6) is -1.45. The SMILES string of the molecule is Cc1nc(C)c(C(=O)C2=C(O)C(=O)N(Cc3ccncc3)C2c2c[nH]c3ccccc23)s1. The van der Waals surface area contributed by atoms with Crippen molar-refractivity contribution in [3.05, 3.63) is 93.0 Å². The molecule has 0 fully saturated rings. The lowest BCUT2D eigenvalue weighted by molar-refractivity contribution is -0.130. The number of carbonyl (C=O) groups is 2. The first-order valence-corrected chi connectivity index (χ1v) is 10.9. The molecule has 4 aromatic rings. The summed E-state index contributed by atoms with van der Waals surface area (Å²) in [4.78, 5) is 40.4. The van der Waals surface area contributed by atoms with E-state index >= 15 is 0 Å². The molecule has 32 heavy (non-hydrogen) atoms. The van der Waals surface area contributed by atoms with E-state index in [0.29, 0.717) is 10.6 Å². The molecule has 8 heteroatoms. The Morgan fingerprint density at radius 3 is 2.66 bits per heavy atom. The van der Waals surface area contributed by atoms with Gasteiger partial charge in [0, 0.05) is 41.6 Å². The summed E-state index contributed by atoms with van der Waals surface area (Å²) in [5, 5.41) is 12.6. The van der Waals surface area contributed by atoms with Crippen molar-refractivity contribution in [2.75, 3.05) is 0 Å². The number of pyridine rings is 1. The van der Waals surface area contributed by atoms with Gasteiger partial charge < -0.3 is 15.0 Å². The van der Waals surface area contributed by atoms with Crippen molar-refractivity contribution in [3.63, 3.8) is 0 Å². The number of carbonyl (C=O) groups excluding carboxylic acids is 2. The number of para-hydroxylation sites is 1. The number of nitrogens with zero attached hydrogens (tertiary/aromatic N) is 3. The summed E-state index contributed by atoms with van der Waals surface area (Å²) in [6.45, 7) is 3.82. The maximum atomic E-state index is 13.6. The van der Waals surface area contributed by atoms with E-state index in [1.165, 1.54) is 16.2 Å². The Kier molecular flexibility index (Phi) is 4.86. The molecular formula is C24H20N4O3S. The van der Waals surface area contributed by atoms with Gasteiger partial charge in [0.1, 0.15) is 0 Å². The van der Waals surface area contributed by atoms with Gasteiger partial charge in [-0.1, -0.05) is 18.2 Å². The van der Waals surface area contributed by atoms with E-state index in [9.17, 15) is 14.7 Å². The molecule has 0 bridgehead atoms. The van der Waals surface area contributed by atoms with E-state index in [1.54, 1.807) is 25.5 Å². The Bertz CT molecular complexity index is 1390. The van der Waals surface area contributed by atoms with E-state index in [0.717, 1.165) is 27.0 Å². The van der Waals surface area contributed by atoms with E-state index in [4.69, 9.17) is 0 Å². The fraction of sp³-hybridized carbons (Fsp3) is 0.167. The lowest BCUT2D eigenvalue weighted by Gasteiger charge is -2.26. The van der Waals surface area contributed by atoms with Crippen LogP contribution in [0.4, 0.5) is 0 Å². The molecule has 5 rings (SSSR count). The number of H-pyrrole nitrogens is 1. The predicted molar refractivity (Wildman–Crippen MR) is 121 cm³/mol. The number of aromatic nitrogens is 3. The number of nitrogens with one attached hydrogen (secondary N) is 1. The maximum absolute atomic E-state index is 13.6. The van der Waals surface area contributed by atoms with Gasteiger partial charge in [-0.2, -0.15) is 0 Å². The van der Waals surface area contributed by atoms with E-state index in [1.807, 2.05) is 43.3 Å². The molecule has 1 unspecified atom stereocenters. The zero-order chi connectivity index (χ0) is 22.4. The first-order valence-electron chi connectivity index (χ1n) is 10.1. The average molecular weight is 445 g/mol. The highest BCUT2D eigenvalue weighted by Crippen LogP contribution is 2.43. The highest BCUT2D eigenvalue weighted by Gasteiger charge is 2.45. The molecule has 1 aliphatic heterocycles. The predicted octanol–water partition coefficient (Wildman–Crippen LogP) is 4.41. The minimum Gasteiger partial charge on any atom is -0.503 e. The number of aliphatic hydroxyl groups is 1. The molecule has 2 N–H and O–H groups in total. The second-order valence-corrected chi connectivity index (χ2v) is 8.92.